The second kappa shape index (κ2) is 8.95. The molecular weight excluding hydrogens is 427 g/mol. The lowest BCUT2D eigenvalue weighted by molar-refractivity contribution is -0.0287. The molecule has 1 aliphatic carbocycles. The van der Waals surface area contributed by atoms with Gasteiger partial charge in [0, 0.05) is 37.4 Å². The molecule has 2 aliphatic heterocycles. The summed E-state index contributed by atoms with van der Waals surface area (Å²) in [6.07, 6.45) is 4.82. The lowest BCUT2D eigenvalue weighted by Crippen LogP contribution is -2.59. The van der Waals surface area contributed by atoms with Gasteiger partial charge in [0.05, 0.1) is 27.5 Å². The zero-order chi connectivity index (χ0) is 23.2. The van der Waals surface area contributed by atoms with Crippen molar-refractivity contribution in [3.8, 4) is 11.3 Å². The van der Waals surface area contributed by atoms with Gasteiger partial charge in [0.25, 0.3) is 0 Å². The van der Waals surface area contributed by atoms with Crippen molar-refractivity contribution in [3.05, 3.63) is 41.7 Å². The molecule has 170 valence electrons. The SMILES string of the molecule is [B]C([B])(C1CCCCO1)N1C[C@H]2CC(Nc3ccc(-c4cc(F)cc(F)c4F)nn3)C[C@H]2C1. The monoisotopic (exact) mass is 452 g/mol. The fourth-order valence-corrected chi connectivity index (χ4v) is 5.55. The number of hydrogen-bond donors (Lipinski definition) is 1. The summed E-state index contributed by atoms with van der Waals surface area (Å²) in [6, 6.07) is 4.79. The Morgan fingerprint density at radius 1 is 1.03 bits per heavy atom. The number of rotatable bonds is 5. The van der Waals surface area contributed by atoms with Crippen molar-refractivity contribution < 1.29 is 17.9 Å². The van der Waals surface area contributed by atoms with E-state index in [2.05, 4.69) is 20.4 Å². The third kappa shape index (κ3) is 4.52. The number of hydrogen-bond acceptors (Lipinski definition) is 5. The number of nitrogens with one attached hydrogen (secondary N) is 1. The molecule has 5 nitrogen and oxygen atoms in total. The van der Waals surface area contributed by atoms with Crippen LogP contribution in [0.5, 0.6) is 0 Å². The van der Waals surface area contributed by atoms with E-state index in [1.54, 1.807) is 6.07 Å². The van der Waals surface area contributed by atoms with Crippen LogP contribution >= 0.6 is 0 Å². The van der Waals surface area contributed by atoms with Crippen molar-refractivity contribution in [3.63, 3.8) is 0 Å². The summed E-state index contributed by atoms with van der Waals surface area (Å²) in [5.74, 6) is -1.76. The maximum atomic E-state index is 14.0. The first-order valence-corrected chi connectivity index (χ1v) is 11.5. The molecule has 3 fully saturated rings. The Balaban J connectivity index is 1.19. The summed E-state index contributed by atoms with van der Waals surface area (Å²) in [6.45, 7) is 2.39. The van der Waals surface area contributed by atoms with Crippen molar-refractivity contribution in [1.82, 2.24) is 15.1 Å². The van der Waals surface area contributed by atoms with Crippen LogP contribution in [0.15, 0.2) is 24.3 Å². The Kier molecular flexibility index (Phi) is 6.16. The van der Waals surface area contributed by atoms with Gasteiger partial charge in [-0.1, -0.05) is 0 Å². The molecule has 0 bridgehead atoms. The molecule has 2 saturated heterocycles. The molecule has 3 heterocycles. The van der Waals surface area contributed by atoms with E-state index in [1.807, 2.05) is 0 Å². The van der Waals surface area contributed by atoms with Gasteiger partial charge in [-0.2, -0.15) is 0 Å². The summed E-state index contributed by atoms with van der Waals surface area (Å²) in [4.78, 5) is 2.18. The van der Waals surface area contributed by atoms with E-state index in [0.29, 0.717) is 30.3 Å². The van der Waals surface area contributed by atoms with Gasteiger partial charge in [0.2, 0.25) is 0 Å². The summed E-state index contributed by atoms with van der Waals surface area (Å²) in [7, 11) is 13.0. The highest BCUT2D eigenvalue weighted by atomic mass is 19.2. The summed E-state index contributed by atoms with van der Waals surface area (Å²) >= 11 is 0. The third-order valence-corrected chi connectivity index (χ3v) is 7.28. The van der Waals surface area contributed by atoms with Gasteiger partial charge in [-0.25, -0.2) is 13.2 Å². The van der Waals surface area contributed by atoms with E-state index >= 15 is 0 Å². The molecule has 10 heteroatoms. The highest BCUT2D eigenvalue weighted by molar-refractivity contribution is 6.40. The van der Waals surface area contributed by atoms with E-state index in [9.17, 15) is 13.2 Å². The molecular formula is C23H25B2F3N4O. The predicted octanol–water partition coefficient (Wildman–Crippen LogP) is 3.24. The molecule has 3 aliphatic rings. The van der Waals surface area contributed by atoms with Gasteiger partial charge in [0.1, 0.15) is 11.6 Å². The van der Waals surface area contributed by atoms with Crippen LogP contribution in [0, 0.1) is 29.3 Å². The van der Waals surface area contributed by atoms with E-state index in [0.717, 1.165) is 51.3 Å². The van der Waals surface area contributed by atoms with E-state index in [-0.39, 0.29) is 23.4 Å². The zero-order valence-electron chi connectivity index (χ0n) is 18.3. The predicted molar refractivity (Wildman–Crippen MR) is 120 cm³/mol. The standard InChI is InChI=1S/C23H25B2F3N4O/c24-23(25,20-3-1-2-6-33-20)32-11-13-7-16(8-14(13)12-32)29-21-5-4-19(30-31-21)17-9-15(26)10-18(27)22(17)28/h4-5,9-10,13-14,16,20H,1-3,6-8,11-12H2,(H,29,31)/t13-,14+,16?,20?. The molecule has 2 unspecified atom stereocenters. The molecule has 5 rings (SSSR count). The number of likely N-dealkylation sites (tertiary alicyclic amines) is 1. The second-order valence-electron chi connectivity index (χ2n) is 9.53. The molecule has 33 heavy (non-hydrogen) atoms. The van der Waals surface area contributed by atoms with Crippen LogP contribution in [0.3, 0.4) is 0 Å². The zero-order valence-corrected chi connectivity index (χ0v) is 18.3. The van der Waals surface area contributed by atoms with Crippen molar-refractivity contribution in [2.75, 3.05) is 25.0 Å². The Hall–Kier alpha value is -2.06. The third-order valence-electron chi connectivity index (χ3n) is 7.28. The number of ether oxygens (including phenoxy) is 1. The van der Waals surface area contributed by atoms with E-state index in [4.69, 9.17) is 20.4 Å². The number of anilines is 1. The highest BCUT2D eigenvalue weighted by Crippen LogP contribution is 2.42. The Morgan fingerprint density at radius 3 is 2.42 bits per heavy atom. The van der Waals surface area contributed by atoms with Crippen molar-refractivity contribution in [1.29, 1.82) is 0 Å². The Labute approximate surface area is 194 Å². The van der Waals surface area contributed by atoms with Gasteiger partial charge in [-0.05, 0) is 67.5 Å². The lowest BCUT2D eigenvalue weighted by Gasteiger charge is -2.45. The first-order valence-electron chi connectivity index (χ1n) is 11.5. The highest BCUT2D eigenvalue weighted by Gasteiger charge is 2.46. The minimum absolute atomic E-state index is 0.0718. The fourth-order valence-electron chi connectivity index (χ4n) is 5.55. The van der Waals surface area contributed by atoms with Crippen LogP contribution in [-0.4, -0.2) is 68.0 Å². The van der Waals surface area contributed by atoms with E-state index in [1.165, 1.54) is 6.07 Å². The quantitative estimate of drug-likeness (QED) is 0.558. The Bertz CT molecular complexity index is 990. The van der Waals surface area contributed by atoms with Gasteiger partial charge in [0.15, 0.2) is 11.6 Å². The maximum Gasteiger partial charge on any atom is 0.168 e. The smallest absolute Gasteiger partial charge is 0.168 e. The summed E-state index contributed by atoms with van der Waals surface area (Å²) in [5, 5.41) is 10.5. The average Bonchev–Trinajstić information content (AvgIpc) is 3.37. The van der Waals surface area contributed by atoms with Crippen molar-refractivity contribution in [2.24, 2.45) is 11.8 Å². The van der Waals surface area contributed by atoms with Crippen molar-refractivity contribution >= 4 is 21.5 Å². The van der Waals surface area contributed by atoms with E-state index < -0.39 is 22.8 Å². The molecule has 1 aromatic heterocycles. The number of aromatic nitrogens is 2. The van der Waals surface area contributed by atoms with Crippen LogP contribution < -0.4 is 5.32 Å². The molecule has 0 amide bonds. The molecule has 2 aromatic rings. The molecule has 4 radical (unpaired) electrons. The number of halogens is 3. The molecule has 0 spiro atoms. The lowest BCUT2D eigenvalue weighted by atomic mass is 9.56. The number of fused-ring (bicyclic) bond motifs is 1. The largest absolute Gasteiger partial charge is 0.378 e. The van der Waals surface area contributed by atoms with Gasteiger partial charge in [-0.3, -0.25) is 0 Å². The molecule has 1 aromatic carbocycles. The molecule has 1 N–H and O–H groups in total. The first-order chi connectivity index (χ1) is 15.8. The first kappa shape index (κ1) is 22.7. The normalized spacial score (nSPS) is 28.1. The summed E-state index contributed by atoms with van der Waals surface area (Å²) < 4.78 is 46.8. The van der Waals surface area contributed by atoms with Crippen LogP contribution in [-0.2, 0) is 4.74 Å². The number of benzene rings is 1. The maximum absolute atomic E-state index is 14.0. The molecule has 4 atom stereocenters. The minimum Gasteiger partial charge on any atom is -0.378 e. The van der Waals surface area contributed by atoms with Gasteiger partial charge >= 0.3 is 0 Å². The average molecular weight is 452 g/mol. The Morgan fingerprint density at radius 2 is 1.79 bits per heavy atom. The fraction of sp³-hybridized carbons (Fsp3) is 0.565. The number of nitrogens with zero attached hydrogens (tertiary/aromatic N) is 3. The van der Waals surface area contributed by atoms with Gasteiger partial charge in [-0.15, -0.1) is 10.2 Å². The summed E-state index contributed by atoms with van der Waals surface area (Å²) in [5.41, 5.74) is -0.182. The van der Waals surface area contributed by atoms with Crippen LogP contribution in [0.1, 0.15) is 32.1 Å². The van der Waals surface area contributed by atoms with Crippen LogP contribution in [0.2, 0.25) is 0 Å². The topological polar surface area (TPSA) is 50.3 Å². The second-order valence-corrected chi connectivity index (χ2v) is 9.53. The minimum atomic E-state index is -1.26. The van der Waals surface area contributed by atoms with Crippen LogP contribution in [0.25, 0.3) is 11.3 Å². The van der Waals surface area contributed by atoms with Crippen LogP contribution in [0.4, 0.5) is 19.0 Å². The molecule has 1 saturated carbocycles. The van der Waals surface area contributed by atoms with Gasteiger partial charge < -0.3 is 15.0 Å². The van der Waals surface area contributed by atoms with Crippen molar-refractivity contribution in [2.45, 2.75) is 49.6 Å².